The Balaban J connectivity index is 3.55. The molecule has 0 aliphatic carbocycles. The average Bonchev–Trinajstić information content (AvgIpc) is 2.44. The third-order valence-corrected chi connectivity index (χ3v) is 3.29. The number of thioether (sulfide) groups is 1. The van der Waals surface area contributed by atoms with E-state index >= 15 is 0 Å². The highest BCUT2D eigenvalue weighted by atomic mass is 32.2. The molecule has 0 rings (SSSR count). The Morgan fingerprint density at radius 1 is 0.727 bits per heavy atom. The molecule has 126 valence electrons. The number of rotatable bonds is 12. The lowest BCUT2D eigenvalue weighted by Gasteiger charge is -2.07. The molecule has 0 aromatic heterocycles. The molecule has 0 aromatic rings. The lowest BCUT2D eigenvalue weighted by molar-refractivity contribution is -0.122. The van der Waals surface area contributed by atoms with E-state index in [4.69, 9.17) is 0 Å². The summed E-state index contributed by atoms with van der Waals surface area (Å²) in [5.41, 5.74) is 0. The highest BCUT2D eigenvalue weighted by Crippen LogP contribution is 1.94. The fourth-order valence-electron chi connectivity index (χ4n) is 1.47. The van der Waals surface area contributed by atoms with E-state index in [2.05, 4.69) is 16.0 Å². The lowest BCUT2D eigenvalue weighted by atomic mass is 10.3. The monoisotopic (exact) mass is 331 g/mol. The number of nitrogens with one attached hydrogen (secondary N) is 3. The normalized spacial score (nSPS) is 9.91. The number of amides is 3. The van der Waals surface area contributed by atoms with Gasteiger partial charge in [0.1, 0.15) is 5.78 Å². The molecule has 3 N–H and O–H groups in total. The SMILES string of the molecule is CSCCC(=O)NCCC(=O)NCCC(=O)NCCC(C)=O. The summed E-state index contributed by atoms with van der Waals surface area (Å²) in [4.78, 5) is 44.9. The third kappa shape index (κ3) is 13.4. The van der Waals surface area contributed by atoms with Crippen molar-refractivity contribution in [1.82, 2.24) is 16.0 Å². The quantitative estimate of drug-likeness (QED) is 0.461. The molecule has 0 unspecified atom stereocenters. The number of hydrogen-bond acceptors (Lipinski definition) is 5. The molecule has 0 heterocycles. The van der Waals surface area contributed by atoms with Gasteiger partial charge in [0.25, 0.3) is 0 Å². The van der Waals surface area contributed by atoms with Crippen molar-refractivity contribution >= 4 is 35.3 Å². The number of carbonyl (C=O) groups is 4. The predicted molar refractivity (Wildman–Crippen MR) is 86.6 cm³/mol. The lowest BCUT2D eigenvalue weighted by Crippen LogP contribution is -2.33. The molecule has 0 aliphatic heterocycles. The zero-order valence-electron chi connectivity index (χ0n) is 13.2. The first-order valence-electron chi connectivity index (χ1n) is 7.24. The minimum Gasteiger partial charge on any atom is -0.356 e. The third-order valence-electron chi connectivity index (χ3n) is 2.68. The van der Waals surface area contributed by atoms with Crippen molar-refractivity contribution in [3.05, 3.63) is 0 Å². The van der Waals surface area contributed by atoms with E-state index in [1.165, 1.54) is 6.92 Å². The molecule has 22 heavy (non-hydrogen) atoms. The summed E-state index contributed by atoms with van der Waals surface area (Å²) in [5.74, 6) is 0.310. The highest BCUT2D eigenvalue weighted by molar-refractivity contribution is 7.98. The molecule has 3 amide bonds. The first kappa shape index (κ1) is 20.4. The summed E-state index contributed by atoms with van der Waals surface area (Å²) in [6, 6.07) is 0. The van der Waals surface area contributed by atoms with Gasteiger partial charge in [-0.15, -0.1) is 0 Å². The second kappa shape index (κ2) is 13.1. The topological polar surface area (TPSA) is 104 Å². The Morgan fingerprint density at radius 2 is 1.14 bits per heavy atom. The van der Waals surface area contributed by atoms with Gasteiger partial charge in [0, 0.05) is 51.1 Å². The van der Waals surface area contributed by atoms with Gasteiger partial charge >= 0.3 is 0 Å². The van der Waals surface area contributed by atoms with Crippen LogP contribution >= 0.6 is 11.8 Å². The van der Waals surface area contributed by atoms with Crippen LogP contribution < -0.4 is 16.0 Å². The summed E-state index contributed by atoms with van der Waals surface area (Å²) in [6.45, 7) is 2.32. The van der Waals surface area contributed by atoms with E-state index in [1.54, 1.807) is 11.8 Å². The standard InChI is InChI=1S/C14H25N3O4S/c1-11(18)3-7-15-12(19)4-8-16-13(20)5-9-17-14(21)6-10-22-2/h3-10H2,1-2H3,(H,15,19)(H,16,20)(H,17,21). The van der Waals surface area contributed by atoms with Crippen LogP contribution in [0.4, 0.5) is 0 Å². The molecule has 0 saturated carbocycles. The van der Waals surface area contributed by atoms with Gasteiger partial charge in [-0.3, -0.25) is 19.2 Å². The number of ketones is 1. The molecule has 0 fully saturated rings. The van der Waals surface area contributed by atoms with Gasteiger partial charge in [-0.1, -0.05) is 0 Å². The van der Waals surface area contributed by atoms with Crippen LogP contribution in [0.2, 0.25) is 0 Å². The van der Waals surface area contributed by atoms with Crippen LogP contribution in [-0.4, -0.2) is 55.1 Å². The molecule has 0 aromatic carbocycles. The van der Waals surface area contributed by atoms with Crippen molar-refractivity contribution in [3.8, 4) is 0 Å². The fourth-order valence-corrected chi connectivity index (χ4v) is 1.86. The van der Waals surface area contributed by atoms with E-state index in [0.29, 0.717) is 25.9 Å². The van der Waals surface area contributed by atoms with Crippen LogP contribution in [0.5, 0.6) is 0 Å². The number of carbonyl (C=O) groups excluding carboxylic acids is 4. The molecule has 7 nitrogen and oxygen atoms in total. The number of Topliss-reactive ketones (excluding diaryl/α,β-unsaturated/α-hetero) is 1. The summed E-state index contributed by atoms with van der Waals surface area (Å²) in [5, 5.41) is 7.86. The molecule has 0 spiro atoms. The van der Waals surface area contributed by atoms with E-state index in [1.807, 2.05) is 6.26 Å². The van der Waals surface area contributed by atoms with Gasteiger partial charge in [0.05, 0.1) is 0 Å². The maximum atomic E-state index is 11.5. The smallest absolute Gasteiger partial charge is 0.221 e. The second-order valence-electron chi connectivity index (χ2n) is 4.74. The van der Waals surface area contributed by atoms with Gasteiger partial charge < -0.3 is 16.0 Å². The van der Waals surface area contributed by atoms with Gasteiger partial charge in [0.2, 0.25) is 17.7 Å². The van der Waals surface area contributed by atoms with E-state index < -0.39 is 0 Å². The molecule has 0 atom stereocenters. The minimum absolute atomic E-state index is 0.0215. The molecule has 0 bridgehead atoms. The van der Waals surface area contributed by atoms with Crippen LogP contribution in [0.15, 0.2) is 0 Å². The van der Waals surface area contributed by atoms with Crippen LogP contribution in [0.25, 0.3) is 0 Å². The Hall–Kier alpha value is -1.57. The summed E-state index contributed by atoms with van der Waals surface area (Å²) in [6.07, 6.45) is 3.05. The zero-order chi connectivity index (χ0) is 16.8. The van der Waals surface area contributed by atoms with Crippen molar-refractivity contribution in [3.63, 3.8) is 0 Å². The first-order chi connectivity index (χ1) is 10.5. The van der Waals surface area contributed by atoms with Gasteiger partial charge in [-0.25, -0.2) is 0 Å². The first-order valence-corrected chi connectivity index (χ1v) is 8.63. The van der Waals surface area contributed by atoms with E-state index in [9.17, 15) is 19.2 Å². The molecule has 0 saturated heterocycles. The van der Waals surface area contributed by atoms with Crippen molar-refractivity contribution < 1.29 is 19.2 Å². The molecule has 0 radical (unpaired) electrons. The van der Waals surface area contributed by atoms with Crippen LogP contribution in [0, 0.1) is 0 Å². The van der Waals surface area contributed by atoms with Crippen molar-refractivity contribution in [2.75, 3.05) is 31.6 Å². The highest BCUT2D eigenvalue weighted by Gasteiger charge is 2.05. The fraction of sp³-hybridized carbons (Fsp3) is 0.714. The molecular formula is C14H25N3O4S. The van der Waals surface area contributed by atoms with Crippen LogP contribution in [0.1, 0.15) is 32.6 Å². The zero-order valence-corrected chi connectivity index (χ0v) is 14.0. The minimum atomic E-state index is -0.207. The maximum Gasteiger partial charge on any atom is 0.221 e. The number of hydrogen-bond donors (Lipinski definition) is 3. The predicted octanol–water partition coefficient (Wildman–Crippen LogP) is -0.153. The maximum absolute atomic E-state index is 11.5. The van der Waals surface area contributed by atoms with Gasteiger partial charge in [0.15, 0.2) is 0 Å². The van der Waals surface area contributed by atoms with Crippen LogP contribution in [-0.2, 0) is 19.2 Å². The van der Waals surface area contributed by atoms with E-state index in [0.717, 1.165) is 5.75 Å². The van der Waals surface area contributed by atoms with Gasteiger partial charge in [-0.05, 0) is 13.2 Å². The molecular weight excluding hydrogens is 306 g/mol. The van der Waals surface area contributed by atoms with Crippen LogP contribution in [0.3, 0.4) is 0 Å². The largest absolute Gasteiger partial charge is 0.356 e. The summed E-state index contributed by atoms with van der Waals surface area (Å²) >= 11 is 1.59. The van der Waals surface area contributed by atoms with E-state index in [-0.39, 0.29) is 42.9 Å². The van der Waals surface area contributed by atoms with Crippen molar-refractivity contribution in [2.24, 2.45) is 0 Å². The van der Waals surface area contributed by atoms with Crippen molar-refractivity contribution in [2.45, 2.75) is 32.6 Å². The Morgan fingerprint density at radius 3 is 1.55 bits per heavy atom. The Labute approximate surface area is 135 Å². The summed E-state index contributed by atoms with van der Waals surface area (Å²) < 4.78 is 0. The van der Waals surface area contributed by atoms with Gasteiger partial charge in [-0.2, -0.15) is 11.8 Å². The Bertz CT molecular complexity index is 388. The second-order valence-corrected chi connectivity index (χ2v) is 5.73. The summed E-state index contributed by atoms with van der Waals surface area (Å²) in [7, 11) is 0. The molecule has 8 heteroatoms. The average molecular weight is 331 g/mol. The molecule has 0 aliphatic rings. The Kier molecular flexibility index (Phi) is 12.2. The van der Waals surface area contributed by atoms with Crippen molar-refractivity contribution in [1.29, 1.82) is 0 Å².